The summed E-state index contributed by atoms with van der Waals surface area (Å²) in [6.45, 7) is 6.08. The number of aryl methyl sites for hydroxylation is 1. The predicted octanol–water partition coefficient (Wildman–Crippen LogP) is 2.16. The van der Waals surface area contributed by atoms with Gasteiger partial charge in [-0.1, -0.05) is 6.07 Å². The van der Waals surface area contributed by atoms with Gasteiger partial charge in [-0.2, -0.15) is 0 Å². The fourth-order valence-corrected chi connectivity index (χ4v) is 1.32. The Labute approximate surface area is 105 Å². The van der Waals surface area contributed by atoms with Crippen LogP contribution in [0.25, 0.3) is 0 Å². The summed E-state index contributed by atoms with van der Waals surface area (Å²) in [5.41, 5.74) is -1.40. The van der Waals surface area contributed by atoms with E-state index < -0.39 is 34.7 Å². The van der Waals surface area contributed by atoms with Crippen LogP contribution < -0.4 is 5.32 Å². The van der Waals surface area contributed by atoms with E-state index in [2.05, 4.69) is 5.32 Å². The highest BCUT2D eigenvalue weighted by atomic mass is 19.1. The third kappa shape index (κ3) is 2.85. The molecule has 18 heavy (non-hydrogen) atoms. The zero-order valence-electron chi connectivity index (χ0n) is 10.8. The molecule has 1 unspecified atom stereocenters. The van der Waals surface area contributed by atoms with Crippen LogP contribution in [-0.2, 0) is 0 Å². The van der Waals surface area contributed by atoms with E-state index in [0.29, 0.717) is 0 Å². The lowest BCUT2D eigenvalue weighted by atomic mass is 9.97. The molecule has 1 amide bonds. The van der Waals surface area contributed by atoms with Gasteiger partial charge in [0.2, 0.25) is 0 Å². The van der Waals surface area contributed by atoms with Crippen LogP contribution in [-0.4, -0.2) is 22.7 Å². The highest BCUT2D eigenvalue weighted by molar-refractivity contribution is 5.95. The lowest BCUT2D eigenvalue weighted by Crippen LogP contribution is -2.51. The lowest BCUT2D eigenvalue weighted by molar-refractivity contribution is 0.0702. The maximum absolute atomic E-state index is 13.7. The number of hydrogen-bond donors (Lipinski definition) is 2. The Balaban J connectivity index is 3.10. The van der Waals surface area contributed by atoms with E-state index in [0.717, 1.165) is 6.07 Å². The predicted molar refractivity (Wildman–Crippen MR) is 64.3 cm³/mol. The van der Waals surface area contributed by atoms with Crippen molar-refractivity contribution in [1.29, 1.82) is 0 Å². The minimum absolute atomic E-state index is 0.191. The average Bonchev–Trinajstić information content (AvgIpc) is 2.23. The molecule has 0 aliphatic heterocycles. The maximum Gasteiger partial charge on any atom is 0.257 e. The summed E-state index contributed by atoms with van der Waals surface area (Å²) < 4.78 is 27.2. The molecular weight excluding hydrogens is 240 g/mol. The van der Waals surface area contributed by atoms with Crippen LogP contribution in [0.2, 0.25) is 0 Å². The highest BCUT2D eigenvalue weighted by Gasteiger charge is 2.29. The smallest absolute Gasteiger partial charge is 0.257 e. The normalized spacial score (nSPS) is 13.3. The number of benzene rings is 1. The van der Waals surface area contributed by atoms with E-state index in [9.17, 15) is 18.7 Å². The van der Waals surface area contributed by atoms with Crippen LogP contribution in [0.1, 0.15) is 36.7 Å². The van der Waals surface area contributed by atoms with Gasteiger partial charge in [0.25, 0.3) is 5.91 Å². The van der Waals surface area contributed by atoms with Crippen molar-refractivity contribution in [3.05, 3.63) is 34.9 Å². The number of rotatable bonds is 3. The molecule has 0 bridgehead atoms. The van der Waals surface area contributed by atoms with Crippen molar-refractivity contribution < 1.29 is 18.7 Å². The van der Waals surface area contributed by atoms with Gasteiger partial charge in [-0.25, -0.2) is 8.78 Å². The first-order valence-electron chi connectivity index (χ1n) is 5.62. The van der Waals surface area contributed by atoms with E-state index in [1.807, 2.05) is 0 Å². The van der Waals surface area contributed by atoms with Crippen LogP contribution >= 0.6 is 0 Å². The second kappa shape index (κ2) is 5.02. The van der Waals surface area contributed by atoms with E-state index in [1.54, 1.807) is 13.8 Å². The van der Waals surface area contributed by atoms with Crippen LogP contribution in [0.4, 0.5) is 8.78 Å². The third-order valence-electron chi connectivity index (χ3n) is 2.99. The van der Waals surface area contributed by atoms with Crippen molar-refractivity contribution in [2.45, 2.75) is 39.3 Å². The van der Waals surface area contributed by atoms with Crippen LogP contribution in [0.5, 0.6) is 0 Å². The van der Waals surface area contributed by atoms with Gasteiger partial charge in [-0.3, -0.25) is 4.79 Å². The van der Waals surface area contributed by atoms with E-state index in [-0.39, 0.29) is 5.56 Å². The largest absolute Gasteiger partial charge is 0.391 e. The summed E-state index contributed by atoms with van der Waals surface area (Å²) in [6.07, 6.45) is -0.850. The summed E-state index contributed by atoms with van der Waals surface area (Å²) >= 11 is 0. The molecule has 0 saturated heterocycles. The summed E-state index contributed by atoms with van der Waals surface area (Å²) in [6, 6.07) is 2.31. The van der Waals surface area contributed by atoms with E-state index in [1.165, 1.54) is 19.9 Å². The quantitative estimate of drug-likeness (QED) is 0.871. The Morgan fingerprint density at radius 1 is 1.39 bits per heavy atom. The van der Waals surface area contributed by atoms with Crippen molar-refractivity contribution in [2.24, 2.45) is 0 Å². The molecule has 100 valence electrons. The van der Waals surface area contributed by atoms with E-state index in [4.69, 9.17) is 0 Å². The molecule has 0 fully saturated rings. The number of carbonyl (C=O) groups is 1. The number of aliphatic hydroxyl groups is 1. The van der Waals surface area contributed by atoms with Gasteiger partial charge in [-0.05, 0) is 39.3 Å². The van der Waals surface area contributed by atoms with Gasteiger partial charge in [0.1, 0.15) is 17.2 Å². The molecule has 1 atom stereocenters. The van der Waals surface area contributed by atoms with Gasteiger partial charge in [0.15, 0.2) is 0 Å². The summed E-state index contributed by atoms with van der Waals surface area (Å²) in [5, 5.41) is 11.9. The van der Waals surface area contributed by atoms with Gasteiger partial charge >= 0.3 is 0 Å². The van der Waals surface area contributed by atoms with Crippen LogP contribution in [0.3, 0.4) is 0 Å². The molecule has 0 heterocycles. The first-order chi connectivity index (χ1) is 8.16. The Hall–Kier alpha value is -1.49. The molecule has 0 radical (unpaired) electrons. The first kappa shape index (κ1) is 14.6. The fraction of sp³-hybridized carbons (Fsp3) is 0.462. The molecule has 3 nitrogen and oxygen atoms in total. The number of amides is 1. The van der Waals surface area contributed by atoms with Gasteiger partial charge in [0, 0.05) is 0 Å². The minimum Gasteiger partial charge on any atom is -0.391 e. The van der Waals surface area contributed by atoms with Crippen molar-refractivity contribution >= 4 is 5.91 Å². The summed E-state index contributed by atoms with van der Waals surface area (Å²) in [7, 11) is 0. The number of hydrogen-bond acceptors (Lipinski definition) is 2. The second-order valence-corrected chi connectivity index (χ2v) is 4.91. The van der Waals surface area contributed by atoms with Gasteiger partial charge < -0.3 is 10.4 Å². The number of halogens is 2. The number of aliphatic hydroxyl groups excluding tert-OH is 1. The molecular formula is C13H17F2NO2. The second-order valence-electron chi connectivity index (χ2n) is 4.91. The first-order valence-corrected chi connectivity index (χ1v) is 5.62. The summed E-state index contributed by atoms with van der Waals surface area (Å²) in [4.78, 5) is 11.9. The van der Waals surface area contributed by atoms with Crippen molar-refractivity contribution in [1.82, 2.24) is 5.32 Å². The lowest BCUT2D eigenvalue weighted by Gasteiger charge is -2.29. The third-order valence-corrected chi connectivity index (χ3v) is 2.99. The molecule has 0 aliphatic rings. The van der Waals surface area contributed by atoms with Crippen LogP contribution in [0, 0.1) is 18.6 Å². The molecule has 0 aromatic heterocycles. The van der Waals surface area contributed by atoms with Crippen molar-refractivity contribution in [3.8, 4) is 0 Å². The van der Waals surface area contributed by atoms with Crippen molar-refractivity contribution in [3.63, 3.8) is 0 Å². The number of nitrogens with one attached hydrogen (secondary N) is 1. The summed E-state index contributed by atoms with van der Waals surface area (Å²) in [5.74, 6) is -2.68. The SMILES string of the molecule is Cc1ccc(F)c(C(=O)NC(C)(C)C(C)O)c1F. The zero-order valence-corrected chi connectivity index (χ0v) is 10.8. The van der Waals surface area contributed by atoms with Crippen LogP contribution in [0.15, 0.2) is 12.1 Å². The molecule has 0 saturated carbocycles. The molecule has 0 spiro atoms. The Morgan fingerprint density at radius 2 is 1.94 bits per heavy atom. The Bertz CT molecular complexity index is 470. The van der Waals surface area contributed by atoms with Crippen molar-refractivity contribution in [2.75, 3.05) is 0 Å². The zero-order chi connectivity index (χ0) is 14.1. The van der Waals surface area contributed by atoms with E-state index >= 15 is 0 Å². The monoisotopic (exact) mass is 257 g/mol. The molecule has 1 aromatic rings. The topological polar surface area (TPSA) is 49.3 Å². The van der Waals surface area contributed by atoms with Gasteiger partial charge in [-0.15, -0.1) is 0 Å². The van der Waals surface area contributed by atoms with Gasteiger partial charge in [0.05, 0.1) is 11.6 Å². The average molecular weight is 257 g/mol. The Morgan fingerprint density at radius 3 is 2.44 bits per heavy atom. The molecule has 5 heteroatoms. The number of carbonyl (C=O) groups excluding carboxylic acids is 1. The molecule has 2 N–H and O–H groups in total. The fourth-order valence-electron chi connectivity index (χ4n) is 1.32. The maximum atomic E-state index is 13.7. The Kier molecular flexibility index (Phi) is 4.06. The molecule has 1 aromatic carbocycles. The molecule has 1 rings (SSSR count). The molecule has 0 aliphatic carbocycles. The minimum atomic E-state index is -0.973. The highest BCUT2D eigenvalue weighted by Crippen LogP contribution is 2.18. The standard InChI is InChI=1S/C13H17F2NO2/c1-7-5-6-9(14)10(11(7)15)12(18)16-13(3,4)8(2)17/h5-6,8,17H,1-4H3,(H,16,18).